The molecule has 0 aromatic heterocycles. The minimum Gasteiger partial charge on any atom is -0.493 e. The molecule has 0 spiro atoms. The first kappa shape index (κ1) is 14.9. The van der Waals surface area contributed by atoms with Crippen molar-refractivity contribution in [3.63, 3.8) is 0 Å². The first-order valence-electron chi connectivity index (χ1n) is 7.07. The molecule has 0 aliphatic carbocycles. The summed E-state index contributed by atoms with van der Waals surface area (Å²) in [4.78, 5) is 0. The van der Waals surface area contributed by atoms with E-state index < -0.39 is 0 Å². The molecular formula is C17H17BrClNO. The quantitative estimate of drug-likeness (QED) is 0.824. The molecule has 2 nitrogen and oxygen atoms in total. The van der Waals surface area contributed by atoms with E-state index in [2.05, 4.69) is 28.1 Å². The summed E-state index contributed by atoms with van der Waals surface area (Å²) in [7, 11) is 0. The van der Waals surface area contributed by atoms with Crippen LogP contribution in [0.1, 0.15) is 35.9 Å². The van der Waals surface area contributed by atoms with Crippen molar-refractivity contribution in [2.75, 3.05) is 6.61 Å². The van der Waals surface area contributed by atoms with Gasteiger partial charge in [0.2, 0.25) is 0 Å². The molecule has 110 valence electrons. The molecule has 4 heteroatoms. The molecule has 0 saturated heterocycles. The maximum atomic E-state index is 6.42. The summed E-state index contributed by atoms with van der Waals surface area (Å²) in [5.41, 5.74) is 8.75. The van der Waals surface area contributed by atoms with Crippen LogP contribution >= 0.6 is 27.5 Å². The Kier molecular flexibility index (Phi) is 4.53. The zero-order valence-corrected chi connectivity index (χ0v) is 13.9. The molecule has 3 rings (SSSR count). The first-order chi connectivity index (χ1) is 10.1. The highest BCUT2D eigenvalue weighted by Gasteiger charge is 2.24. The largest absolute Gasteiger partial charge is 0.493 e. The molecule has 2 aromatic carbocycles. The highest BCUT2D eigenvalue weighted by atomic mass is 79.9. The van der Waals surface area contributed by atoms with Gasteiger partial charge in [-0.15, -0.1) is 0 Å². The van der Waals surface area contributed by atoms with Gasteiger partial charge in [0, 0.05) is 15.5 Å². The lowest BCUT2D eigenvalue weighted by Crippen LogP contribution is -2.20. The van der Waals surface area contributed by atoms with Crippen molar-refractivity contribution < 1.29 is 4.74 Å². The van der Waals surface area contributed by atoms with Crippen molar-refractivity contribution in [3.05, 3.63) is 63.1 Å². The van der Waals surface area contributed by atoms with Gasteiger partial charge in [0.25, 0.3) is 0 Å². The van der Waals surface area contributed by atoms with Crippen molar-refractivity contribution in [3.8, 4) is 5.75 Å². The van der Waals surface area contributed by atoms with Gasteiger partial charge in [-0.2, -0.15) is 0 Å². The number of rotatable bonds is 3. The number of hydrogen-bond acceptors (Lipinski definition) is 2. The third-order valence-electron chi connectivity index (χ3n) is 3.98. The topological polar surface area (TPSA) is 35.2 Å². The van der Waals surface area contributed by atoms with Crippen LogP contribution in [0.15, 0.2) is 46.9 Å². The van der Waals surface area contributed by atoms with E-state index in [9.17, 15) is 0 Å². The van der Waals surface area contributed by atoms with Crippen LogP contribution in [0.3, 0.4) is 0 Å². The molecule has 0 radical (unpaired) electrons. The van der Waals surface area contributed by atoms with Crippen LogP contribution in [0, 0.1) is 0 Å². The molecule has 0 amide bonds. The van der Waals surface area contributed by atoms with Crippen molar-refractivity contribution >= 4 is 27.5 Å². The Bertz CT molecular complexity index is 646. The van der Waals surface area contributed by atoms with Crippen molar-refractivity contribution in [2.45, 2.75) is 24.8 Å². The van der Waals surface area contributed by atoms with Crippen LogP contribution in [0.2, 0.25) is 5.02 Å². The molecular weight excluding hydrogens is 350 g/mol. The van der Waals surface area contributed by atoms with Crippen LogP contribution in [0.25, 0.3) is 0 Å². The standard InChI is InChI=1S/C17H17BrClNO/c18-15-6-5-12(19)10-14(15)16(20)9-11-7-8-21-17-4-2-1-3-13(11)17/h1-6,10-11,16H,7-9,20H2. The number of ether oxygens (including phenoxy) is 1. The number of fused-ring (bicyclic) bond motifs is 1. The molecule has 0 saturated carbocycles. The fourth-order valence-electron chi connectivity index (χ4n) is 2.89. The highest BCUT2D eigenvalue weighted by Crippen LogP contribution is 2.39. The summed E-state index contributed by atoms with van der Waals surface area (Å²) in [5.74, 6) is 1.42. The lowest BCUT2D eigenvalue weighted by Gasteiger charge is -2.28. The average molecular weight is 367 g/mol. The Morgan fingerprint density at radius 1 is 1.29 bits per heavy atom. The lowest BCUT2D eigenvalue weighted by atomic mass is 9.86. The summed E-state index contributed by atoms with van der Waals surface area (Å²) in [6, 6.07) is 14.0. The highest BCUT2D eigenvalue weighted by molar-refractivity contribution is 9.10. The van der Waals surface area contributed by atoms with Gasteiger partial charge in [-0.1, -0.05) is 45.7 Å². The van der Waals surface area contributed by atoms with Gasteiger partial charge in [-0.05, 0) is 54.2 Å². The summed E-state index contributed by atoms with van der Waals surface area (Å²) < 4.78 is 6.73. The van der Waals surface area contributed by atoms with E-state index in [-0.39, 0.29) is 6.04 Å². The SMILES string of the molecule is NC(CC1CCOc2ccccc21)c1cc(Cl)ccc1Br. The third-order valence-corrected chi connectivity index (χ3v) is 4.94. The van der Waals surface area contributed by atoms with Gasteiger partial charge in [0.1, 0.15) is 5.75 Å². The second-order valence-electron chi connectivity index (χ2n) is 5.38. The van der Waals surface area contributed by atoms with E-state index in [0.29, 0.717) is 5.92 Å². The number of benzene rings is 2. The molecule has 2 aromatic rings. The van der Waals surface area contributed by atoms with Crippen molar-refractivity contribution in [2.24, 2.45) is 5.73 Å². The van der Waals surface area contributed by atoms with Gasteiger partial charge in [-0.3, -0.25) is 0 Å². The molecule has 2 unspecified atom stereocenters. The summed E-state index contributed by atoms with van der Waals surface area (Å²) in [5, 5.41) is 0.719. The number of para-hydroxylation sites is 1. The molecule has 2 atom stereocenters. The molecule has 2 N–H and O–H groups in total. The maximum Gasteiger partial charge on any atom is 0.122 e. The molecule has 0 bridgehead atoms. The van der Waals surface area contributed by atoms with Crippen molar-refractivity contribution in [1.29, 1.82) is 0 Å². The van der Waals surface area contributed by atoms with Gasteiger partial charge < -0.3 is 10.5 Å². The smallest absolute Gasteiger partial charge is 0.122 e. The molecule has 21 heavy (non-hydrogen) atoms. The Balaban J connectivity index is 1.82. The van der Waals surface area contributed by atoms with Crippen LogP contribution in [0.4, 0.5) is 0 Å². The zero-order chi connectivity index (χ0) is 14.8. The monoisotopic (exact) mass is 365 g/mol. The molecule has 1 heterocycles. The normalized spacial score (nSPS) is 18.7. The van der Waals surface area contributed by atoms with E-state index in [1.54, 1.807) is 0 Å². The zero-order valence-electron chi connectivity index (χ0n) is 11.6. The van der Waals surface area contributed by atoms with Crippen LogP contribution in [-0.2, 0) is 0 Å². The number of halogens is 2. The fourth-order valence-corrected chi connectivity index (χ4v) is 3.61. The Morgan fingerprint density at radius 2 is 2.10 bits per heavy atom. The molecule has 1 aliphatic heterocycles. The number of nitrogens with two attached hydrogens (primary N) is 1. The van der Waals surface area contributed by atoms with Crippen LogP contribution in [0.5, 0.6) is 5.75 Å². The van der Waals surface area contributed by atoms with E-state index in [4.69, 9.17) is 22.1 Å². The van der Waals surface area contributed by atoms with E-state index in [1.807, 2.05) is 30.3 Å². The first-order valence-corrected chi connectivity index (χ1v) is 8.24. The molecule has 1 aliphatic rings. The van der Waals surface area contributed by atoms with Gasteiger partial charge in [-0.25, -0.2) is 0 Å². The summed E-state index contributed by atoms with van der Waals surface area (Å²) in [6.07, 6.45) is 1.89. The maximum absolute atomic E-state index is 6.42. The predicted molar refractivity (Wildman–Crippen MR) is 90.0 cm³/mol. The van der Waals surface area contributed by atoms with Gasteiger partial charge in [0.15, 0.2) is 0 Å². The Labute approximate surface area is 138 Å². The third kappa shape index (κ3) is 3.25. The van der Waals surface area contributed by atoms with Gasteiger partial charge >= 0.3 is 0 Å². The number of hydrogen-bond donors (Lipinski definition) is 1. The fraction of sp³-hybridized carbons (Fsp3) is 0.294. The Morgan fingerprint density at radius 3 is 2.95 bits per heavy atom. The van der Waals surface area contributed by atoms with E-state index in [0.717, 1.165) is 40.3 Å². The van der Waals surface area contributed by atoms with Crippen molar-refractivity contribution in [1.82, 2.24) is 0 Å². The minimum atomic E-state index is -0.0470. The predicted octanol–water partition coefficient (Wildman–Crippen LogP) is 5.06. The average Bonchev–Trinajstić information content (AvgIpc) is 2.50. The van der Waals surface area contributed by atoms with Crippen LogP contribution < -0.4 is 10.5 Å². The minimum absolute atomic E-state index is 0.0470. The molecule has 0 fully saturated rings. The van der Waals surface area contributed by atoms with Crippen LogP contribution in [-0.4, -0.2) is 6.61 Å². The summed E-state index contributed by atoms with van der Waals surface area (Å²) in [6.45, 7) is 0.755. The second-order valence-corrected chi connectivity index (χ2v) is 6.67. The van der Waals surface area contributed by atoms with E-state index in [1.165, 1.54) is 5.56 Å². The lowest BCUT2D eigenvalue weighted by molar-refractivity contribution is 0.259. The summed E-state index contributed by atoms with van der Waals surface area (Å²) >= 11 is 9.65. The second kappa shape index (κ2) is 6.39. The Hall–Kier alpha value is -1.03. The van der Waals surface area contributed by atoms with Gasteiger partial charge in [0.05, 0.1) is 6.61 Å². The van der Waals surface area contributed by atoms with E-state index >= 15 is 0 Å².